The number of para-hydroxylation sites is 1. The number of halogens is 1. The van der Waals surface area contributed by atoms with E-state index in [1.54, 1.807) is 16.7 Å². The van der Waals surface area contributed by atoms with E-state index < -0.39 is 0 Å². The summed E-state index contributed by atoms with van der Waals surface area (Å²) in [5.41, 5.74) is 3.35. The number of rotatable bonds is 3. The lowest BCUT2D eigenvalue weighted by Crippen LogP contribution is -2.15. The smallest absolute Gasteiger partial charge is 0.235 e. The zero-order valence-corrected chi connectivity index (χ0v) is 13.0. The van der Waals surface area contributed by atoms with Crippen molar-refractivity contribution in [3.05, 3.63) is 70.4 Å². The van der Waals surface area contributed by atoms with Crippen LogP contribution in [-0.2, 0) is 13.0 Å². The van der Waals surface area contributed by atoms with E-state index in [0.717, 1.165) is 27.7 Å². The third kappa shape index (κ3) is 2.54. The molecule has 3 aromatic rings. The normalized spacial score (nSPS) is 11.0. The SMILES string of the molecule is Cc1c(CO)c2ccccc2n1C(=O)Cc1ccc(Cl)cc1. The molecular weight excluding hydrogens is 298 g/mol. The molecule has 1 aromatic heterocycles. The second kappa shape index (κ2) is 5.95. The maximum Gasteiger partial charge on any atom is 0.235 e. The van der Waals surface area contributed by atoms with Crippen LogP contribution in [0.3, 0.4) is 0 Å². The summed E-state index contributed by atoms with van der Waals surface area (Å²) in [6.45, 7) is 1.79. The van der Waals surface area contributed by atoms with Crippen molar-refractivity contribution in [2.24, 2.45) is 0 Å². The molecule has 1 heterocycles. The molecule has 0 radical (unpaired) electrons. The van der Waals surface area contributed by atoms with Gasteiger partial charge < -0.3 is 5.11 Å². The molecule has 3 rings (SSSR count). The number of aliphatic hydroxyl groups is 1. The molecule has 0 aliphatic heterocycles. The van der Waals surface area contributed by atoms with Crippen LogP contribution in [-0.4, -0.2) is 15.6 Å². The van der Waals surface area contributed by atoms with Gasteiger partial charge in [0.25, 0.3) is 0 Å². The fourth-order valence-electron chi connectivity index (χ4n) is 2.81. The molecule has 0 unspecified atom stereocenters. The number of hydrogen-bond donors (Lipinski definition) is 1. The molecule has 1 N–H and O–H groups in total. The van der Waals surface area contributed by atoms with Crippen LogP contribution in [0.4, 0.5) is 0 Å². The lowest BCUT2D eigenvalue weighted by atomic mass is 10.1. The second-order valence-corrected chi connectivity index (χ2v) is 5.71. The van der Waals surface area contributed by atoms with Gasteiger partial charge in [-0.1, -0.05) is 41.9 Å². The molecule has 4 heteroatoms. The van der Waals surface area contributed by atoms with E-state index in [1.807, 2.05) is 43.3 Å². The van der Waals surface area contributed by atoms with Crippen molar-refractivity contribution in [3.63, 3.8) is 0 Å². The van der Waals surface area contributed by atoms with Gasteiger partial charge in [0.1, 0.15) is 0 Å². The van der Waals surface area contributed by atoms with E-state index >= 15 is 0 Å². The van der Waals surface area contributed by atoms with Crippen LogP contribution in [0.25, 0.3) is 10.9 Å². The van der Waals surface area contributed by atoms with Gasteiger partial charge in [0.2, 0.25) is 5.91 Å². The number of fused-ring (bicyclic) bond motifs is 1. The Bertz CT molecular complexity index is 834. The van der Waals surface area contributed by atoms with Gasteiger partial charge in [-0.15, -0.1) is 0 Å². The van der Waals surface area contributed by atoms with Crippen molar-refractivity contribution in [1.29, 1.82) is 0 Å². The molecule has 0 bridgehead atoms. The minimum atomic E-state index is -0.0758. The van der Waals surface area contributed by atoms with Gasteiger partial charge in [-0.05, 0) is 30.7 Å². The molecule has 0 fully saturated rings. The first-order valence-corrected chi connectivity index (χ1v) is 7.47. The van der Waals surface area contributed by atoms with E-state index in [-0.39, 0.29) is 12.5 Å². The quantitative estimate of drug-likeness (QED) is 0.794. The molecule has 2 aromatic carbocycles. The number of hydrogen-bond acceptors (Lipinski definition) is 2. The number of aliphatic hydroxyl groups excluding tert-OH is 1. The summed E-state index contributed by atoms with van der Waals surface area (Å²) < 4.78 is 1.69. The molecular formula is C18H16ClNO2. The average Bonchev–Trinajstić information content (AvgIpc) is 2.81. The van der Waals surface area contributed by atoms with Crippen molar-refractivity contribution in [1.82, 2.24) is 4.57 Å². The van der Waals surface area contributed by atoms with Gasteiger partial charge in [0.05, 0.1) is 18.5 Å². The van der Waals surface area contributed by atoms with Gasteiger partial charge in [0, 0.05) is 21.7 Å². The number of carbonyl (C=O) groups excluding carboxylic acids is 1. The zero-order chi connectivity index (χ0) is 15.7. The van der Waals surface area contributed by atoms with Crippen molar-refractivity contribution in [2.45, 2.75) is 20.0 Å². The van der Waals surface area contributed by atoms with E-state index in [2.05, 4.69) is 0 Å². The minimum absolute atomic E-state index is 0.0178. The van der Waals surface area contributed by atoms with Gasteiger partial charge >= 0.3 is 0 Å². The lowest BCUT2D eigenvalue weighted by molar-refractivity contribution is 0.0917. The topological polar surface area (TPSA) is 42.2 Å². The average molecular weight is 314 g/mol. The Balaban J connectivity index is 2.04. The van der Waals surface area contributed by atoms with Crippen molar-refractivity contribution in [3.8, 4) is 0 Å². The van der Waals surface area contributed by atoms with Crippen LogP contribution in [0.5, 0.6) is 0 Å². The molecule has 3 nitrogen and oxygen atoms in total. The van der Waals surface area contributed by atoms with E-state index in [0.29, 0.717) is 11.4 Å². The van der Waals surface area contributed by atoms with Gasteiger partial charge in [0.15, 0.2) is 0 Å². The molecule has 0 aliphatic carbocycles. The number of nitrogens with zero attached hydrogens (tertiary/aromatic N) is 1. The Morgan fingerprint density at radius 2 is 1.82 bits per heavy atom. The largest absolute Gasteiger partial charge is 0.392 e. The predicted molar refractivity (Wildman–Crippen MR) is 88.4 cm³/mol. The van der Waals surface area contributed by atoms with Crippen LogP contribution >= 0.6 is 11.6 Å². The highest BCUT2D eigenvalue weighted by Gasteiger charge is 2.17. The monoisotopic (exact) mass is 313 g/mol. The first kappa shape index (κ1) is 14.8. The van der Waals surface area contributed by atoms with Crippen LogP contribution in [0.15, 0.2) is 48.5 Å². The van der Waals surface area contributed by atoms with Gasteiger partial charge in [-0.25, -0.2) is 0 Å². The Morgan fingerprint density at radius 3 is 2.50 bits per heavy atom. The molecule has 0 saturated carbocycles. The third-order valence-corrected chi connectivity index (χ3v) is 4.17. The number of benzene rings is 2. The van der Waals surface area contributed by atoms with Crippen molar-refractivity contribution in [2.75, 3.05) is 0 Å². The van der Waals surface area contributed by atoms with Crippen LogP contribution < -0.4 is 0 Å². The second-order valence-electron chi connectivity index (χ2n) is 5.27. The summed E-state index contributed by atoms with van der Waals surface area (Å²) in [6, 6.07) is 14.9. The maximum atomic E-state index is 12.7. The summed E-state index contributed by atoms with van der Waals surface area (Å²) in [7, 11) is 0. The summed E-state index contributed by atoms with van der Waals surface area (Å²) in [5.74, 6) is -0.0178. The molecule has 22 heavy (non-hydrogen) atoms. The Labute approximate surface area is 133 Å². The highest BCUT2D eigenvalue weighted by Crippen LogP contribution is 2.26. The molecule has 0 amide bonds. The molecule has 0 saturated heterocycles. The van der Waals surface area contributed by atoms with Crippen LogP contribution in [0.2, 0.25) is 5.02 Å². The molecule has 0 aliphatic rings. The van der Waals surface area contributed by atoms with Gasteiger partial charge in [-0.2, -0.15) is 0 Å². The van der Waals surface area contributed by atoms with E-state index in [1.165, 1.54) is 0 Å². The Kier molecular flexibility index (Phi) is 4.01. The van der Waals surface area contributed by atoms with Crippen LogP contribution in [0.1, 0.15) is 21.6 Å². The molecule has 0 atom stereocenters. The first-order chi connectivity index (χ1) is 10.6. The summed E-state index contributed by atoms with van der Waals surface area (Å²) in [4.78, 5) is 12.7. The standard InChI is InChI=1S/C18H16ClNO2/c1-12-16(11-21)15-4-2-3-5-17(15)20(12)18(22)10-13-6-8-14(19)9-7-13/h2-9,21H,10-11H2,1H3. The van der Waals surface area contributed by atoms with E-state index in [9.17, 15) is 9.90 Å². The van der Waals surface area contributed by atoms with Crippen LogP contribution in [0, 0.1) is 6.92 Å². The fraction of sp³-hybridized carbons (Fsp3) is 0.167. The number of aromatic nitrogens is 1. The lowest BCUT2D eigenvalue weighted by Gasteiger charge is -2.07. The predicted octanol–water partition coefficient (Wildman–Crippen LogP) is 3.98. The zero-order valence-electron chi connectivity index (χ0n) is 12.2. The summed E-state index contributed by atoms with van der Waals surface area (Å²) >= 11 is 5.87. The number of carbonyl (C=O) groups is 1. The Hall–Kier alpha value is -2.10. The molecule has 112 valence electrons. The maximum absolute atomic E-state index is 12.7. The fourth-order valence-corrected chi connectivity index (χ4v) is 2.94. The minimum Gasteiger partial charge on any atom is -0.392 e. The highest BCUT2D eigenvalue weighted by atomic mass is 35.5. The van der Waals surface area contributed by atoms with Gasteiger partial charge in [-0.3, -0.25) is 9.36 Å². The summed E-state index contributed by atoms with van der Waals surface area (Å²) in [6.07, 6.45) is 0.293. The van der Waals surface area contributed by atoms with Crippen molar-refractivity contribution >= 4 is 28.4 Å². The first-order valence-electron chi connectivity index (χ1n) is 7.09. The van der Waals surface area contributed by atoms with E-state index in [4.69, 9.17) is 11.6 Å². The summed E-state index contributed by atoms with van der Waals surface area (Å²) in [5, 5.41) is 11.2. The van der Waals surface area contributed by atoms with Crippen molar-refractivity contribution < 1.29 is 9.90 Å². The highest BCUT2D eigenvalue weighted by molar-refractivity contribution is 6.30. The Morgan fingerprint density at radius 1 is 1.14 bits per heavy atom. The molecule has 0 spiro atoms. The third-order valence-electron chi connectivity index (χ3n) is 3.92.